The second kappa shape index (κ2) is 5.04. The molecule has 0 bridgehead atoms. The van der Waals surface area contributed by atoms with Gasteiger partial charge in [-0.25, -0.2) is 0 Å². The van der Waals surface area contributed by atoms with Gasteiger partial charge in [-0.15, -0.1) is 11.8 Å². The lowest BCUT2D eigenvalue weighted by molar-refractivity contribution is 0.514. The van der Waals surface area contributed by atoms with Gasteiger partial charge < -0.3 is 5.73 Å². The molecule has 0 saturated heterocycles. The Bertz CT molecular complexity index is 299. The maximum Gasteiger partial charge on any atom is 0.0135 e. The van der Waals surface area contributed by atoms with Gasteiger partial charge in [0.2, 0.25) is 0 Å². The summed E-state index contributed by atoms with van der Waals surface area (Å²) in [4.78, 5) is 1.49. The molecule has 0 saturated carbocycles. The predicted octanol–water partition coefficient (Wildman–Crippen LogP) is 3.08. The largest absolute Gasteiger partial charge is 0.330 e. The molecular weight excluding hydrogens is 202 g/mol. The molecule has 2 unspecified atom stereocenters. The van der Waals surface area contributed by atoms with E-state index in [0.717, 1.165) is 11.8 Å². The molecule has 2 N–H and O–H groups in total. The van der Waals surface area contributed by atoms with Crippen LogP contribution >= 0.6 is 11.8 Å². The Morgan fingerprint density at radius 1 is 1.47 bits per heavy atom. The van der Waals surface area contributed by atoms with Crippen molar-refractivity contribution >= 4 is 11.8 Å². The van der Waals surface area contributed by atoms with Crippen LogP contribution in [-0.4, -0.2) is 11.8 Å². The minimum Gasteiger partial charge on any atom is -0.330 e. The molecule has 15 heavy (non-hydrogen) atoms. The third kappa shape index (κ3) is 2.76. The molecule has 1 aromatic rings. The fourth-order valence-electron chi connectivity index (χ4n) is 2.00. The molecule has 82 valence electrons. The maximum absolute atomic E-state index is 5.63. The third-order valence-electron chi connectivity index (χ3n) is 3.10. The molecule has 0 fully saturated rings. The molecule has 1 aliphatic rings. The molecule has 0 aromatic heterocycles. The topological polar surface area (TPSA) is 26.0 Å². The minimum atomic E-state index is 0.675. The Hall–Kier alpha value is -0.470. The molecule has 0 aliphatic carbocycles. The summed E-state index contributed by atoms with van der Waals surface area (Å²) in [6.45, 7) is 3.07. The van der Waals surface area contributed by atoms with Gasteiger partial charge in [-0.2, -0.15) is 0 Å². The monoisotopic (exact) mass is 221 g/mol. The Balaban J connectivity index is 1.85. The predicted molar refractivity (Wildman–Crippen MR) is 67.2 cm³/mol. The quantitative estimate of drug-likeness (QED) is 0.845. The van der Waals surface area contributed by atoms with Crippen molar-refractivity contribution < 1.29 is 0 Å². The van der Waals surface area contributed by atoms with E-state index in [1.54, 1.807) is 0 Å². The van der Waals surface area contributed by atoms with E-state index in [0.29, 0.717) is 5.92 Å². The zero-order valence-electron chi connectivity index (χ0n) is 9.28. The summed E-state index contributed by atoms with van der Waals surface area (Å²) in [5.74, 6) is 0.675. The fraction of sp³-hybridized carbons (Fsp3) is 0.538. The Labute approximate surface area is 96.4 Å². The zero-order valence-corrected chi connectivity index (χ0v) is 10.1. The van der Waals surface area contributed by atoms with E-state index in [2.05, 4.69) is 31.2 Å². The molecule has 0 radical (unpaired) electrons. The molecule has 2 rings (SSSR count). The van der Waals surface area contributed by atoms with Gasteiger partial charge in [0.25, 0.3) is 0 Å². The van der Waals surface area contributed by atoms with Crippen LogP contribution < -0.4 is 5.73 Å². The normalized spacial score (nSPS) is 21.3. The number of benzene rings is 1. The number of nitrogens with two attached hydrogens (primary N) is 1. The SMILES string of the molecule is CC(CN)CCC1Cc2ccccc2S1. The Kier molecular flexibility index (Phi) is 3.71. The van der Waals surface area contributed by atoms with E-state index < -0.39 is 0 Å². The van der Waals surface area contributed by atoms with Gasteiger partial charge in [0.1, 0.15) is 0 Å². The van der Waals surface area contributed by atoms with E-state index >= 15 is 0 Å². The standard InChI is InChI=1S/C13H19NS/c1-10(9-14)6-7-12-8-11-4-2-3-5-13(11)15-12/h2-5,10,12H,6-9,14H2,1H3. The summed E-state index contributed by atoms with van der Waals surface area (Å²) in [5, 5.41) is 0.788. The Morgan fingerprint density at radius 2 is 2.27 bits per heavy atom. The van der Waals surface area contributed by atoms with Crippen LogP contribution in [0.15, 0.2) is 29.2 Å². The highest BCUT2D eigenvalue weighted by Crippen LogP contribution is 2.39. The van der Waals surface area contributed by atoms with Crippen LogP contribution in [0.25, 0.3) is 0 Å². The van der Waals surface area contributed by atoms with Gasteiger partial charge in [0.15, 0.2) is 0 Å². The van der Waals surface area contributed by atoms with E-state index in [1.807, 2.05) is 11.8 Å². The summed E-state index contributed by atoms with van der Waals surface area (Å²) >= 11 is 2.05. The highest BCUT2D eigenvalue weighted by molar-refractivity contribution is 8.00. The van der Waals surface area contributed by atoms with E-state index in [-0.39, 0.29) is 0 Å². The first kappa shape index (κ1) is 11.0. The summed E-state index contributed by atoms with van der Waals surface area (Å²) in [6.07, 6.45) is 3.82. The van der Waals surface area contributed by atoms with Gasteiger partial charge in [0.05, 0.1) is 0 Å². The van der Waals surface area contributed by atoms with Gasteiger partial charge in [-0.1, -0.05) is 25.1 Å². The molecule has 1 heterocycles. The van der Waals surface area contributed by atoms with E-state index in [1.165, 1.54) is 29.7 Å². The van der Waals surface area contributed by atoms with Crippen molar-refractivity contribution in [3.05, 3.63) is 29.8 Å². The van der Waals surface area contributed by atoms with Crippen molar-refractivity contribution in [2.45, 2.75) is 36.3 Å². The summed E-state index contributed by atoms with van der Waals surface area (Å²) in [7, 11) is 0. The highest BCUT2D eigenvalue weighted by Gasteiger charge is 2.21. The molecule has 0 spiro atoms. The molecule has 1 aliphatic heterocycles. The molecule has 2 atom stereocenters. The van der Waals surface area contributed by atoms with Gasteiger partial charge in [0, 0.05) is 10.1 Å². The molecular formula is C13H19NS. The third-order valence-corrected chi connectivity index (χ3v) is 4.49. The number of hydrogen-bond acceptors (Lipinski definition) is 2. The van der Waals surface area contributed by atoms with Crippen molar-refractivity contribution in [2.24, 2.45) is 11.7 Å². The van der Waals surface area contributed by atoms with Crippen LogP contribution in [0, 0.1) is 5.92 Å². The van der Waals surface area contributed by atoms with Gasteiger partial charge in [-0.05, 0) is 43.4 Å². The van der Waals surface area contributed by atoms with E-state index in [9.17, 15) is 0 Å². The summed E-state index contributed by atoms with van der Waals surface area (Å²) in [6, 6.07) is 8.78. The molecule has 1 nitrogen and oxygen atoms in total. The second-order valence-corrected chi connectivity index (χ2v) is 5.81. The first-order chi connectivity index (χ1) is 7.29. The van der Waals surface area contributed by atoms with Crippen LogP contribution in [0.2, 0.25) is 0 Å². The maximum atomic E-state index is 5.63. The van der Waals surface area contributed by atoms with Crippen LogP contribution in [0.3, 0.4) is 0 Å². The summed E-state index contributed by atoms with van der Waals surface area (Å²) < 4.78 is 0. The number of hydrogen-bond donors (Lipinski definition) is 1. The molecule has 1 aromatic carbocycles. The van der Waals surface area contributed by atoms with E-state index in [4.69, 9.17) is 5.73 Å². The lowest BCUT2D eigenvalue weighted by atomic mass is 10.0. The minimum absolute atomic E-state index is 0.675. The number of rotatable bonds is 4. The number of thioether (sulfide) groups is 1. The highest BCUT2D eigenvalue weighted by atomic mass is 32.2. The lowest BCUT2D eigenvalue weighted by Gasteiger charge is -2.11. The molecule has 2 heteroatoms. The average Bonchev–Trinajstić information content (AvgIpc) is 2.68. The van der Waals surface area contributed by atoms with Gasteiger partial charge in [-0.3, -0.25) is 0 Å². The van der Waals surface area contributed by atoms with Gasteiger partial charge >= 0.3 is 0 Å². The van der Waals surface area contributed by atoms with Crippen molar-refractivity contribution in [3.8, 4) is 0 Å². The van der Waals surface area contributed by atoms with Crippen molar-refractivity contribution in [1.29, 1.82) is 0 Å². The van der Waals surface area contributed by atoms with Crippen LogP contribution in [0.4, 0.5) is 0 Å². The van der Waals surface area contributed by atoms with Crippen molar-refractivity contribution in [3.63, 3.8) is 0 Å². The van der Waals surface area contributed by atoms with Crippen molar-refractivity contribution in [1.82, 2.24) is 0 Å². The summed E-state index contributed by atoms with van der Waals surface area (Å²) in [5.41, 5.74) is 7.17. The van der Waals surface area contributed by atoms with Crippen LogP contribution in [0.1, 0.15) is 25.3 Å². The van der Waals surface area contributed by atoms with Crippen molar-refractivity contribution in [2.75, 3.05) is 6.54 Å². The van der Waals surface area contributed by atoms with Crippen LogP contribution in [0.5, 0.6) is 0 Å². The Morgan fingerprint density at radius 3 is 3.00 bits per heavy atom. The first-order valence-electron chi connectivity index (χ1n) is 5.74. The fourth-order valence-corrected chi connectivity index (χ4v) is 3.34. The first-order valence-corrected chi connectivity index (χ1v) is 6.62. The smallest absolute Gasteiger partial charge is 0.0135 e. The average molecular weight is 221 g/mol. The number of fused-ring (bicyclic) bond motifs is 1. The zero-order chi connectivity index (χ0) is 10.7. The lowest BCUT2D eigenvalue weighted by Crippen LogP contribution is -2.13. The second-order valence-electron chi connectivity index (χ2n) is 4.47. The molecule has 0 amide bonds. The van der Waals surface area contributed by atoms with Crippen LogP contribution in [-0.2, 0) is 6.42 Å².